The molecule has 0 aliphatic carbocycles. The van der Waals surface area contributed by atoms with E-state index in [1.54, 1.807) is 60.7 Å². The Morgan fingerprint density at radius 3 is 2.34 bits per heavy atom. The van der Waals surface area contributed by atoms with E-state index in [4.69, 9.17) is 16.0 Å². The minimum atomic E-state index is -0.390. The molecule has 0 bridgehead atoms. The third kappa shape index (κ3) is 6.29. The van der Waals surface area contributed by atoms with Crippen LogP contribution < -0.4 is 5.43 Å². The van der Waals surface area contributed by atoms with E-state index >= 15 is 0 Å². The fourth-order valence-electron chi connectivity index (χ4n) is 4.13. The van der Waals surface area contributed by atoms with Crippen LogP contribution in [0.5, 0.6) is 0 Å². The monoisotopic (exact) mass is 534 g/mol. The van der Waals surface area contributed by atoms with Crippen LogP contribution in [-0.4, -0.2) is 34.2 Å². The van der Waals surface area contributed by atoms with Gasteiger partial charge in [0.1, 0.15) is 17.9 Å². The quantitative estimate of drug-likeness (QED) is 0.262. The molecule has 0 radical (unpaired) electrons. The largest absolute Gasteiger partial charge is 0.464 e. The number of benzene rings is 3. The van der Waals surface area contributed by atoms with Crippen molar-refractivity contribution in [1.29, 1.82) is 0 Å². The van der Waals surface area contributed by atoms with Crippen molar-refractivity contribution in [1.82, 2.24) is 9.80 Å². The summed E-state index contributed by atoms with van der Waals surface area (Å²) in [5, 5.41) is 0.922. The van der Waals surface area contributed by atoms with Crippen molar-refractivity contribution in [3.8, 4) is 0 Å². The smallest absolute Gasteiger partial charge is 0.254 e. The summed E-state index contributed by atoms with van der Waals surface area (Å²) in [5.41, 5.74) is 1.62. The lowest BCUT2D eigenvalue weighted by molar-refractivity contribution is -0.133. The Bertz CT molecular complexity index is 1490. The van der Waals surface area contributed by atoms with Crippen molar-refractivity contribution >= 4 is 34.4 Å². The molecule has 4 aromatic rings. The van der Waals surface area contributed by atoms with E-state index in [1.807, 2.05) is 13.8 Å². The molecule has 2 amide bonds. The summed E-state index contributed by atoms with van der Waals surface area (Å²) in [5.74, 6) is -1.04. The Morgan fingerprint density at radius 2 is 1.66 bits per heavy atom. The van der Waals surface area contributed by atoms with Crippen LogP contribution in [0.2, 0.25) is 5.02 Å². The number of rotatable bonds is 9. The number of carbonyl (C=O) groups excluding carboxylic acids is 2. The fourth-order valence-corrected chi connectivity index (χ4v) is 4.25. The van der Waals surface area contributed by atoms with E-state index in [0.29, 0.717) is 39.1 Å². The van der Waals surface area contributed by atoms with Crippen LogP contribution >= 0.6 is 11.6 Å². The van der Waals surface area contributed by atoms with Gasteiger partial charge in [-0.15, -0.1) is 0 Å². The van der Waals surface area contributed by atoms with Gasteiger partial charge in [0.25, 0.3) is 5.91 Å². The number of carbonyl (C=O) groups is 2. The molecule has 38 heavy (non-hydrogen) atoms. The van der Waals surface area contributed by atoms with E-state index in [1.165, 1.54) is 28.2 Å². The van der Waals surface area contributed by atoms with E-state index in [0.717, 1.165) is 0 Å². The maximum Gasteiger partial charge on any atom is 0.254 e. The van der Waals surface area contributed by atoms with Gasteiger partial charge in [-0.05, 0) is 67.4 Å². The van der Waals surface area contributed by atoms with Gasteiger partial charge in [0, 0.05) is 23.2 Å². The van der Waals surface area contributed by atoms with Gasteiger partial charge in [-0.2, -0.15) is 0 Å². The zero-order valence-electron chi connectivity index (χ0n) is 21.2. The molecular weight excluding hydrogens is 507 g/mol. The molecule has 1 heterocycles. The Kier molecular flexibility index (Phi) is 8.59. The normalized spacial score (nSPS) is 11.8. The third-order valence-corrected chi connectivity index (χ3v) is 6.78. The minimum absolute atomic E-state index is 0.0349. The summed E-state index contributed by atoms with van der Waals surface area (Å²) in [7, 11) is 0. The molecule has 3 aromatic carbocycles. The van der Waals surface area contributed by atoms with Crippen molar-refractivity contribution < 1.29 is 18.4 Å². The SMILES string of the molecule is CCC(C)N(CC(=O)N(Cc1ccc(F)cc1)Cc1coc2ccccc2c1=O)C(=O)c1ccc(Cl)cc1. The molecule has 6 nitrogen and oxygen atoms in total. The molecule has 8 heteroatoms. The highest BCUT2D eigenvalue weighted by Gasteiger charge is 2.26. The van der Waals surface area contributed by atoms with Crippen molar-refractivity contribution in [2.75, 3.05) is 6.54 Å². The number of fused-ring (bicyclic) bond motifs is 1. The van der Waals surface area contributed by atoms with Gasteiger partial charge in [-0.25, -0.2) is 4.39 Å². The van der Waals surface area contributed by atoms with Crippen LogP contribution in [0.1, 0.15) is 41.8 Å². The number of halogens is 2. The first-order valence-electron chi connectivity index (χ1n) is 12.3. The lowest BCUT2D eigenvalue weighted by atomic mass is 10.1. The average Bonchev–Trinajstić information content (AvgIpc) is 2.93. The van der Waals surface area contributed by atoms with E-state index in [9.17, 15) is 18.8 Å². The maximum atomic E-state index is 13.7. The van der Waals surface area contributed by atoms with Gasteiger partial charge in [0.15, 0.2) is 5.43 Å². The number of amides is 2. The van der Waals surface area contributed by atoms with Crippen molar-refractivity contribution in [3.63, 3.8) is 0 Å². The molecule has 0 aliphatic rings. The molecular formula is C30H28ClFN2O4. The van der Waals surface area contributed by atoms with Crippen LogP contribution in [0.15, 0.2) is 88.3 Å². The highest BCUT2D eigenvalue weighted by atomic mass is 35.5. The lowest BCUT2D eigenvalue weighted by Crippen LogP contribution is -2.46. The molecule has 1 unspecified atom stereocenters. The number of nitrogens with zero attached hydrogens (tertiary/aromatic N) is 2. The van der Waals surface area contributed by atoms with Gasteiger partial charge in [0.2, 0.25) is 5.91 Å². The minimum Gasteiger partial charge on any atom is -0.464 e. The van der Waals surface area contributed by atoms with Gasteiger partial charge in [0.05, 0.1) is 23.8 Å². The van der Waals surface area contributed by atoms with Crippen LogP contribution in [0.25, 0.3) is 11.0 Å². The fraction of sp³-hybridized carbons (Fsp3) is 0.233. The summed E-state index contributed by atoms with van der Waals surface area (Å²) in [4.78, 5) is 43.3. The number of hydrogen-bond donors (Lipinski definition) is 0. The Labute approximate surface area is 225 Å². The van der Waals surface area contributed by atoms with Crippen LogP contribution in [0.4, 0.5) is 4.39 Å². The standard InChI is InChI=1S/C30H28ClFN2O4/c1-3-20(2)34(30(37)22-10-12-24(31)13-11-22)18-28(35)33(16-21-8-14-25(32)15-9-21)17-23-19-38-27-7-5-4-6-26(27)29(23)36/h4-15,19-20H,3,16-18H2,1-2H3. The van der Waals surface area contributed by atoms with Crippen molar-refractivity contribution in [3.05, 3.63) is 117 Å². The van der Waals surface area contributed by atoms with Crippen LogP contribution in [0.3, 0.4) is 0 Å². The predicted molar refractivity (Wildman–Crippen MR) is 145 cm³/mol. The first-order chi connectivity index (χ1) is 18.3. The van der Waals surface area contributed by atoms with Gasteiger partial charge in [-0.1, -0.05) is 42.8 Å². The molecule has 0 saturated carbocycles. The van der Waals surface area contributed by atoms with Gasteiger partial charge < -0.3 is 14.2 Å². The van der Waals surface area contributed by atoms with E-state index in [2.05, 4.69) is 0 Å². The Morgan fingerprint density at radius 1 is 0.974 bits per heavy atom. The zero-order chi connectivity index (χ0) is 27.2. The first-order valence-corrected chi connectivity index (χ1v) is 12.7. The highest BCUT2D eigenvalue weighted by molar-refractivity contribution is 6.30. The molecule has 0 fully saturated rings. The molecule has 1 atom stereocenters. The first kappa shape index (κ1) is 27.1. The number of para-hydroxylation sites is 1. The molecule has 1 aromatic heterocycles. The molecule has 0 aliphatic heterocycles. The van der Waals surface area contributed by atoms with E-state index < -0.39 is 5.82 Å². The Hall–Kier alpha value is -3.97. The van der Waals surface area contributed by atoms with Crippen LogP contribution in [0, 0.1) is 5.82 Å². The second kappa shape index (κ2) is 12.0. The van der Waals surface area contributed by atoms with E-state index in [-0.39, 0.29) is 42.9 Å². The average molecular weight is 535 g/mol. The molecule has 0 N–H and O–H groups in total. The predicted octanol–water partition coefficient (Wildman–Crippen LogP) is 6.06. The molecule has 196 valence electrons. The third-order valence-electron chi connectivity index (χ3n) is 6.53. The second-order valence-corrected chi connectivity index (χ2v) is 9.60. The summed E-state index contributed by atoms with van der Waals surface area (Å²) in [6.45, 7) is 3.70. The summed E-state index contributed by atoms with van der Waals surface area (Å²) in [6, 6.07) is 19.0. The lowest BCUT2D eigenvalue weighted by Gasteiger charge is -2.31. The topological polar surface area (TPSA) is 70.8 Å². The molecule has 0 saturated heterocycles. The molecule has 4 rings (SSSR count). The number of hydrogen-bond acceptors (Lipinski definition) is 4. The second-order valence-electron chi connectivity index (χ2n) is 9.16. The van der Waals surface area contributed by atoms with Gasteiger partial charge >= 0.3 is 0 Å². The van der Waals surface area contributed by atoms with Crippen molar-refractivity contribution in [2.24, 2.45) is 0 Å². The summed E-state index contributed by atoms with van der Waals surface area (Å²) < 4.78 is 19.2. The molecule has 0 spiro atoms. The maximum absolute atomic E-state index is 13.7. The van der Waals surface area contributed by atoms with Gasteiger partial charge in [-0.3, -0.25) is 14.4 Å². The summed E-state index contributed by atoms with van der Waals surface area (Å²) >= 11 is 5.98. The van der Waals surface area contributed by atoms with Crippen LogP contribution in [-0.2, 0) is 17.9 Å². The van der Waals surface area contributed by atoms with Crippen molar-refractivity contribution in [2.45, 2.75) is 39.4 Å². The highest BCUT2D eigenvalue weighted by Crippen LogP contribution is 2.18. The Balaban J connectivity index is 1.65. The zero-order valence-corrected chi connectivity index (χ0v) is 22.0. The summed E-state index contributed by atoms with van der Waals surface area (Å²) in [6.07, 6.45) is 2.00.